The van der Waals surface area contributed by atoms with Gasteiger partial charge in [0.1, 0.15) is 0 Å². The number of nitrogens with one attached hydrogen (secondary N) is 1. The quantitative estimate of drug-likeness (QED) is 0.727. The molecule has 3 N–H and O–H groups in total. The highest BCUT2D eigenvalue weighted by Crippen LogP contribution is 2.28. The summed E-state index contributed by atoms with van der Waals surface area (Å²) >= 11 is 4.94. The second-order valence-electron chi connectivity index (χ2n) is 5.74. The lowest BCUT2D eigenvalue weighted by Crippen LogP contribution is -2.39. The monoisotopic (exact) mass is 434 g/mol. The van der Waals surface area contributed by atoms with Gasteiger partial charge in [0.15, 0.2) is 0 Å². The third-order valence-electron chi connectivity index (χ3n) is 4.13. The first kappa shape index (κ1) is 19.4. The summed E-state index contributed by atoms with van der Waals surface area (Å²) in [6.07, 6.45) is 4.06. The third-order valence-corrected chi connectivity index (χ3v) is 5.82. The van der Waals surface area contributed by atoms with Gasteiger partial charge in [-0.15, -0.1) is 23.7 Å². The number of carbonyl (C=O) groups excluding carboxylic acids is 1. The Morgan fingerprint density at radius 2 is 2.33 bits per heavy atom. The maximum atomic E-state index is 12.1. The molecule has 2 aromatic heterocycles. The summed E-state index contributed by atoms with van der Waals surface area (Å²) < 4.78 is 6.22. The first-order valence-corrected chi connectivity index (χ1v) is 9.39. The molecule has 0 radical (unpaired) electrons. The summed E-state index contributed by atoms with van der Waals surface area (Å²) in [7, 11) is 0. The van der Waals surface area contributed by atoms with E-state index >= 15 is 0 Å². The van der Waals surface area contributed by atoms with Crippen LogP contribution in [0.1, 0.15) is 31.6 Å². The molecule has 9 heteroatoms. The predicted molar refractivity (Wildman–Crippen MR) is 99.2 cm³/mol. The minimum Gasteiger partial charge on any atom is -0.353 e. The molecule has 2 atom stereocenters. The number of thiophene rings is 1. The standard InChI is InChI=1S/C15H19BrN4O2S.ClH/c16-10-6-12(23-8-10)15-19-14(22-20-15)5-4-13(21)18-11-3-1-2-9(11)7-17;/h6,8-9,11H,1-5,7,17H2,(H,18,21);1H. The van der Waals surface area contributed by atoms with Gasteiger partial charge >= 0.3 is 0 Å². The molecule has 2 heterocycles. The molecule has 132 valence electrons. The molecule has 1 fully saturated rings. The van der Waals surface area contributed by atoms with Crippen LogP contribution in [0.2, 0.25) is 0 Å². The van der Waals surface area contributed by atoms with Gasteiger partial charge in [0.2, 0.25) is 17.6 Å². The van der Waals surface area contributed by atoms with E-state index in [4.69, 9.17) is 10.3 Å². The Balaban J connectivity index is 0.00000208. The first-order chi connectivity index (χ1) is 11.2. The van der Waals surface area contributed by atoms with Crippen molar-refractivity contribution in [3.8, 4) is 10.7 Å². The van der Waals surface area contributed by atoms with Gasteiger partial charge in [-0.05, 0) is 47.3 Å². The fraction of sp³-hybridized carbons (Fsp3) is 0.533. The molecule has 0 bridgehead atoms. The highest BCUT2D eigenvalue weighted by atomic mass is 79.9. The summed E-state index contributed by atoms with van der Waals surface area (Å²) in [5.74, 6) is 1.48. The minimum atomic E-state index is 0. The summed E-state index contributed by atoms with van der Waals surface area (Å²) in [5, 5.41) is 9.01. The number of rotatable bonds is 6. The SMILES string of the molecule is Cl.NCC1CCCC1NC(=O)CCc1nc(-c2cc(Br)cs2)no1. The first-order valence-electron chi connectivity index (χ1n) is 7.72. The van der Waals surface area contributed by atoms with Crippen molar-refractivity contribution in [2.75, 3.05) is 6.54 Å². The molecule has 0 spiro atoms. The fourth-order valence-electron chi connectivity index (χ4n) is 2.90. The van der Waals surface area contributed by atoms with Gasteiger partial charge < -0.3 is 15.6 Å². The molecule has 0 aliphatic heterocycles. The van der Waals surface area contributed by atoms with E-state index in [1.807, 2.05) is 11.4 Å². The summed E-state index contributed by atoms with van der Waals surface area (Å²) in [6, 6.07) is 2.16. The van der Waals surface area contributed by atoms with Gasteiger partial charge in [0, 0.05) is 28.7 Å². The Kier molecular flexibility index (Phi) is 7.21. The van der Waals surface area contributed by atoms with Crippen LogP contribution in [-0.4, -0.2) is 28.6 Å². The van der Waals surface area contributed by atoms with Crippen LogP contribution in [0.3, 0.4) is 0 Å². The number of nitrogens with two attached hydrogens (primary N) is 1. The number of nitrogens with zero attached hydrogens (tertiary/aromatic N) is 2. The number of aromatic nitrogens is 2. The zero-order valence-electron chi connectivity index (χ0n) is 13.0. The number of halogens is 2. The Bertz CT molecular complexity index is 678. The zero-order valence-corrected chi connectivity index (χ0v) is 16.3. The van der Waals surface area contributed by atoms with Crippen molar-refractivity contribution in [3.05, 3.63) is 21.8 Å². The van der Waals surface area contributed by atoms with E-state index in [0.717, 1.165) is 28.6 Å². The van der Waals surface area contributed by atoms with Crippen molar-refractivity contribution in [3.63, 3.8) is 0 Å². The lowest BCUT2D eigenvalue weighted by atomic mass is 10.0. The highest BCUT2D eigenvalue weighted by Gasteiger charge is 2.27. The molecule has 24 heavy (non-hydrogen) atoms. The molecule has 0 aromatic carbocycles. The van der Waals surface area contributed by atoms with E-state index in [-0.39, 0.29) is 24.4 Å². The van der Waals surface area contributed by atoms with Gasteiger partial charge in [-0.1, -0.05) is 11.6 Å². The maximum Gasteiger partial charge on any atom is 0.227 e. The average molecular weight is 436 g/mol. The molecule has 1 aliphatic carbocycles. The van der Waals surface area contributed by atoms with Crippen molar-refractivity contribution >= 4 is 45.6 Å². The molecule has 1 aliphatic rings. The Morgan fingerprint density at radius 1 is 1.50 bits per heavy atom. The minimum absolute atomic E-state index is 0. The van der Waals surface area contributed by atoms with Crippen LogP contribution in [0.4, 0.5) is 0 Å². The molecule has 3 rings (SSSR count). The average Bonchev–Trinajstić information content (AvgIpc) is 3.25. The van der Waals surface area contributed by atoms with Gasteiger partial charge in [0.25, 0.3) is 0 Å². The number of hydrogen-bond acceptors (Lipinski definition) is 6. The van der Waals surface area contributed by atoms with Crippen LogP contribution in [0, 0.1) is 5.92 Å². The van der Waals surface area contributed by atoms with Crippen LogP contribution in [0.5, 0.6) is 0 Å². The Labute approximate surface area is 159 Å². The van der Waals surface area contributed by atoms with Crippen LogP contribution in [-0.2, 0) is 11.2 Å². The van der Waals surface area contributed by atoms with Crippen molar-refractivity contribution < 1.29 is 9.32 Å². The highest BCUT2D eigenvalue weighted by molar-refractivity contribution is 9.10. The topological polar surface area (TPSA) is 94.0 Å². The zero-order chi connectivity index (χ0) is 16.2. The number of carbonyl (C=O) groups is 1. The van der Waals surface area contributed by atoms with Crippen molar-refractivity contribution in [2.24, 2.45) is 11.7 Å². The van der Waals surface area contributed by atoms with Crippen LogP contribution in [0.15, 0.2) is 20.4 Å². The smallest absolute Gasteiger partial charge is 0.227 e. The largest absolute Gasteiger partial charge is 0.353 e. The third kappa shape index (κ3) is 4.78. The van der Waals surface area contributed by atoms with Crippen molar-refractivity contribution in [1.82, 2.24) is 15.5 Å². The Hall–Kier alpha value is -0.960. The maximum absolute atomic E-state index is 12.1. The molecule has 1 saturated carbocycles. The van der Waals surface area contributed by atoms with E-state index in [0.29, 0.717) is 37.0 Å². The molecular formula is C15H20BrClN4O2S. The summed E-state index contributed by atoms with van der Waals surface area (Å²) in [5.41, 5.74) is 5.74. The molecule has 6 nitrogen and oxygen atoms in total. The molecule has 2 aromatic rings. The second-order valence-corrected chi connectivity index (χ2v) is 7.57. The van der Waals surface area contributed by atoms with E-state index in [2.05, 4.69) is 31.4 Å². The summed E-state index contributed by atoms with van der Waals surface area (Å²) in [4.78, 5) is 17.3. The van der Waals surface area contributed by atoms with Crippen molar-refractivity contribution in [1.29, 1.82) is 0 Å². The second kappa shape index (κ2) is 8.94. The molecule has 1 amide bonds. The van der Waals surface area contributed by atoms with E-state index in [1.54, 1.807) is 11.3 Å². The van der Waals surface area contributed by atoms with Gasteiger partial charge in [-0.25, -0.2) is 0 Å². The number of amides is 1. The number of aryl methyl sites for hydroxylation is 1. The van der Waals surface area contributed by atoms with Crippen LogP contribution < -0.4 is 11.1 Å². The Morgan fingerprint density at radius 3 is 3.04 bits per heavy atom. The van der Waals surface area contributed by atoms with E-state index in [1.165, 1.54) is 0 Å². The van der Waals surface area contributed by atoms with Crippen LogP contribution in [0.25, 0.3) is 10.7 Å². The van der Waals surface area contributed by atoms with Gasteiger partial charge in [-0.2, -0.15) is 4.98 Å². The molecular weight excluding hydrogens is 416 g/mol. The van der Waals surface area contributed by atoms with Gasteiger partial charge in [-0.3, -0.25) is 4.79 Å². The fourth-order valence-corrected chi connectivity index (χ4v) is 4.25. The molecule has 2 unspecified atom stereocenters. The van der Waals surface area contributed by atoms with E-state index in [9.17, 15) is 4.79 Å². The van der Waals surface area contributed by atoms with Crippen molar-refractivity contribution in [2.45, 2.75) is 38.1 Å². The normalized spacial score (nSPS) is 19.9. The lowest BCUT2D eigenvalue weighted by Gasteiger charge is -2.19. The summed E-state index contributed by atoms with van der Waals surface area (Å²) in [6.45, 7) is 0.633. The van der Waals surface area contributed by atoms with Crippen LogP contribution >= 0.6 is 39.7 Å². The van der Waals surface area contributed by atoms with Gasteiger partial charge in [0.05, 0.1) is 4.88 Å². The predicted octanol–water partition coefficient (Wildman–Crippen LogP) is 3.16. The lowest BCUT2D eigenvalue weighted by molar-refractivity contribution is -0.122. The number of hydrogen-bond donors (Lipinski definition) is 2. The molecule has 0 saturated heterocycles. The van der Waals surface area contributed by atoms with E-state index < -0.39 is 0 Å².